The van der Waals surface area contributed by atoms with Gasteiger partial charge in [0.05, 0.1) is 29.4 Å². The lowest BCUT2D eigenvalue weighted by Crippen LogP contribution is -2.46. The molecular weight excluding hydrogens is 470 g/mol. The molecule has 0 amide bonds. The number of anilines is 1. The van der Waals surface area contributed by atoms with Crippen molar-refractivity contribution >= 4 is 27.5 Å². The Morgan fingerprint density at radius 2 is 1.74 bits per heavy atom. The number of aromatic nitrogens is 4. The van der Waals surface area contributed by atoms with Crippen molar-refractivity contribution in [1.29, 1.82) is 0 Å². The summed E-state index contributed by atoms with van der Waals surface area (Å²) in [6, 6.07) is 4.52. The van der Waals surface area contributed by atoms with Crippen molar-refractivity contribution < 1.29 is 13.5 Å². The Morgan fingerprint density at radius 1 is 1.03 bits per heavy atom. The van der Waals surface area contributed by atoms with Crippen LogP contribution >= 0.6 is 15.9 Å². The van der Waals surface area contributed by atoms with Gasteiger partial charge in [-0.2, -0.15) is 14.6 Å². The zero-order chi connectivity index (χ0) is 21.4. The predicted octanol–water partition coefficient (Wildman–Crippen LogP) is 3.89. The number of nitrogens with one attached hydrogen (secondary N) is 1. The second-order valence-electron chi connectivity index (χ2n) is 7.99. The monoisotopic (exact) mass is 492 g/mol. The van der Waals surface area contributed by atoms with Gasteiger partial charge in [0.25, 0.3) is 0 Å². The Bertz CT molecular complexity index is 1060. The van der Waals surface area contributed by atoms with E-state index in [-0.39, 0.29) is 17.4 Å². The molecular formula is C21H23BrF2N6O. The summed E-state index contributed by atoms with van der Waals surface area (Å²) < 4.78 is 36.4. The third-order valence-electron chi connectivity index (χ3n) is 6.10. The van der Waals surface area contributed by atoms with Gasteiger partial charge in [-0.05, 0) is 53.7 Å². The highest BCUT2D eigenvalue weighted by molar-refractivity contribution is 9.10. The molecule has 1 aromatic carbocycles. The van der Waals surface area contributed by atoms with Crippen LogP contribution in [0.5, 0.6) is 0 Å². The fourth-order valence-electron chi connectivity index (χ4n) is 4.48. The van der Waals surface area contributed by atoms with E-state index < -0.39 is 11.6 Å². The van der Waals surface area contributed by atoms with Crippen molar-refractivity contribution in [2.24, 2.45) is 0 Å². The largest absolute Gasteiger partial charge is 0.379 e. The van der Waals surface area contributed by atoms with E-state index in [4.69, 9.17) is 4.74 Å². The molecule has 3 heterocycles. The number of hydrogen-bond acceptors (Lipinski definition) is 6. The van der Waals surface area contributed by atoms with E-state index in [1.54, 1.807) is 10.7 Å². The van der Waals surface area contributed by atoms with Crippen LogP contribution in [0.1, 0.15) is 25.7 Å². The molecule has 0 spiro atoms. The van der Waals surface area contributed by atoms with Crippen LogP contribution in [0.4, 0.5) is 14.7 Å². The van der Waals surface area contributed by atoms with Gasteiger partial charge >= 0.3 is 0 Å². The third kappa shape index (κ3) is 4.16. The summed E-state index contributed by atoms with van der Waals surface area (Å²) in [6.07, 6.45) is 5.75. The lowest BCUT2D eigenvalue weighted by molar-refractivity contribution is 0.00789. The number of rotatable bonds is 4. The molecule has 0 unspecified atom stereocenters. The molecule has 31 heavy (non-hydrogen) atoms. The maximum atomic E-state index is 14.4. The maximum Gasteiger partial charge on any atom is 0.228 e. The van der Waals surface area contributed by atoms with Gasteiger partial charge in [-0.3, -0.25) is 4.90 Å². The van der Waals surface area contributed by atoms with Gasteiger partial charge in [0.1, 0.15) is 11.6 Å². The van der Waals surface area contributed by atoms with Gasteiger partial charge in [0, 0.05) is 25.2 Å². The number of benzene rings is 1. The zero-order valence-corrected chi connectivity index (χ0v) is 18.5. The second-order valence-corrected chi connectivity index (χ2v) is 8.85. The smallest absolute Gasteiger partial charge is 0.228 e. The minimum absolute atomic E-state index is 0.00574. The number of morpholine rings is 1. The van der Waals surface area contributed by atoms with E-state index in [1.807, 2.05) is 0 Å². The number of ether oxygens (including phenoxy) is 1. The molecule has 2 aliphatic rings. The van der Waals surface area contributed by atoms with Gasteiger partial charge in [0.15, 0.2) is 11.5 Å². The summed E-state index contributed by atoms with van der Waals surface area (Å²) in [5.41, 5.74) is 0.217. The lowest BCUT2D eigenvalue weighted by Gasteiger charge is -2.38. The number of nitrogens with zero attached hydrogens (tertiary/aromatic N) is 5. The van der Waals surface area contributed by atoms with Gasteiger partial charge in [-0.25, -0.2) is 13.8 Å². The van der Waals surface area contributed by atoms with Crippen molar-refractivity contribution in [2.45, 2.75) is 37.8 Å². The molecule has 1 saturated heterocycles. The summed E-state index contributed by atoms with van der Waals surface area (Å²) in [7, 11) is 0. The summed E-state index contributed by atoms with van der Waals surface area (Å²) >= 11 is 3.42. The highest BCUT2D eigenvalue weighted by Crippen LogP contribution is 2.29. The van der Waals surface area contributed by atoms with E-state index in [0.717, 1.165) is 52.0 Å². The molecule has 0 atom stereocenters. The highest BCUT2D eigenvalue weighted by atomic mass is 79.9. The topological polar surface area (TPSA) is 67.6 Å². The van der Waals surface area contributed by atoms with E-state index in [2.05, 4.69) is 41.2 Å². The summed E-state index contributed by atoms with van der Waals surface area (Å²) in [5, 5.41) is 7.77. The van der Waals surface area contributed by atoms with Gasteiger partial charge in [-0.15, -0.1) is 0 Å². The van der Waals surface area contributed by atoms with Crippen molar-refractivity contribution in [2.75, 3.05) is 31.6 Å². The quantitative estimate of drug-likeness (QED) is 0.595. The molecule has 1 saturated carbocycles. The van der Waals surface area contributed by atoms with Crippen molar-refractivity contribution in [3.8, 4) is 11.4 Å². The molecule has 7 nitrogen and oxygen atoms in total. The average Bonchev–Trinajstić information content (AvgIpc) is 3.16. The van der Waals surface area contributed by atoms with Gasteiger partial charge in [0.2, 0.25) is 5.95 Å². The van der Waals surface area contributed by atoms with Crippen LogP contribution in [0.2, 0.25) is 0 Å². The molecule has 0 radical (unpaired) electrons. The normalized spacial score (nSPS) is 22.7. The molecule has 0 bridgehead atoms. The Labute approximate surface area is 186 Å². The van der Waals surface area contributed by atoms with Crippen molar-refractivity contribution in [3.63, 3.8) is 0 Å². The van der Waals surface area contributed by atoms with Gasteiger partial charge in [-0.1, -0.05) is 6.07 Å². The number of hydrogen-bond donors (Lipinski definition) is 1. The first-order chi connectivity index (χ1) is 15.1. The average molecular weight is 493 g/mol. The molecule has 5 rings (SSSR count). The third-order valence-corrected chi connectivity index (χ3v) is 6.66. The van der Waals surface area contributed by atoms with Crippen LogP contribution in [0.15, 0.2) is 28.9 Å². The maximum absolute atomic E-state index is 14.4. The Morgan fingerprint density at radius 3 is 2.45 bits per heavy atom. The molecule has 2 fully saturated rings. The summed E-state index contributed by atoms with van der Waals surface area (Å²) in [4.78, 5) is 11.3. The second kappa shape index (κ2) is 8.76. The summed E-state index contributed by atoms with van der Waals surface area (Å²) in [6.45, 7) is 3.60. The molecule has 1 aliphatic heterocycles. The molecule has 10 heteroatoms. The number of halogens is 3. The predicted molar refractivity (Wildman–Crippen MR) is 116 cm³/mol. The van der Waals surface area contributed by atoms with E-state index >= 15 is 0 Å². The Hall–Kier alpha value is -2.17. The van der Waals surface area contributed by atoms with Crippen LogP contribution in [0, 0.1) is 11.6 Å². The van der Waals surface area contributed by atoms with E-state index in [1.165, 1.54) is 18.2 Å². The standard InChI is InChI=1S/C21H23BrF2N6O/c22-15-12-25-30-20(15)27-19(18-16(23)2-1-3-17(18)24)28-21(30)26-13-4-6-14(7-5-13)29-8-10-31-11-9-29/h1-3,12-14H,4-11H2,(H,26,27,28)/t13-,14-. The molecule has 164 valence electrons. The van der Waals surface area contributed by atoms with Crippen molar-refractivity contribution in [1.82, 2.24) is 24.5 Å². The van der Waals surface area contributed by atoms with E-state index in [9.17, 15) is 8.78 Å². The minimum atomic E-state index is -0.697. The van der Waals surface area contributed by atoms with Crippen molar-refractivity contribution in [3.05, 3.63) is 40.5 Å². The number of fused-ring (bicyclic) bond motifs is 1. The molecule has 3 aromatic rings. The first-order valence-corrected chi connectivity index (χ1v) is 11.3. The Balaban J connectivity index is 1.40. The minimum Gasteiger partial charge on any atom is -0.379 e. The van der Waals surface area contributed by atoms with Crippen LogP contribution in [-0.2, 0) is 4.74 Å². The summed E-state index contributed by atoms with van der Waals surface area (Å²) in [5.74, 6) is -0.967. The van der Waals surface area contributed by atoms with Gasteiger partial charge < -0.3 is 10.1 Å². The first kappa shape index (κ1) is 20.7. The van der Waals surface area contributed by atoms with Crippen LogP contribution in [-0.4, -0.2) is 62.9 Å². The molecule has 1 N–H and O–H groups in total. The lowest BCUT2D eigenvalue weighted by atomic mass is 9.90. The van der Waals surface area contributed by atoms with Crippen LogP contribution in [0.3, 0.4) is 0 Å². The molecule has 1 aliphatic carbocycles. The highest BCUT2D eigenvalue weighted by Gasteiger charge is 2.28. The fraction of sp³-hybridized carbons (Fsp3) is 0.476. The fourth-order valence-corrected chi connectivity index (χ4v) is 4.83. The van der Waals surface area contributed by atoms with E-state index in [0.29, 0.717) is 22.1 Å². The zero-order valence-electron chi connectivity index (χ0n) is 16.9. The SMILES string of the molecule is Fc1cccc(F)c1-c1nc(N[C@H]2CC[C@H](N3CCOCC3)CC2)n2ncc(Br)c2n1. The first-order valence-electron chi connectivity index (χ1n) is 10.5. The van der Waals surface area contributed by atoms with Crippen LogP contribution < -0.4 is 5.32 Å². The molecule has 2 aromatic heterocycles. The Kier molecular flexibility index (Phi) is 5.85. The van der Waals surface area contributed by atoms with Crippen LogP contribution in [0.25, 0.3) is 17.0 Å².